The highest BCUT2D eigenvalue weighted by Crippen LogP contribution is 2.09. The van der Waals surface area contributed by atoms with Gasteiger partial charge in [-0.15, -0.1) is 0 Å². The first-order chi connectivity index (χ1) is 5.61. The van der Waals surface area contributed by atoms with E-state index in [2.05, 4.69) is 38.4 Å². The van der Waals surface area contributed by atoms with E-state index < -0.39 is 0 Å². The van der Waals surface area contributed by atoms with Crippen molar-refractivity contribution >= 4 is 5.71 Å². The van der Waals surface area contributed by atoms with Crippen LogP contribution in [0.25, 0.3) is 0 Å². The van der Waals surface area contributed by atoms with E-state index in [4.69, 9.17) is 0 Å². The van der Waals surface area contributed by atoms with Crippen LogP contribution >= 0.6 is 0 Å². The number of rotatable bonds is 4. The predicted octanol–water partition coefficient (Wildman–Crippen LogP) is 3.73. The van der Waals surface area contributed by atoms with E-state index in [0.29, 0.717) is 0 Å². The van der Waals surface area contributed by atoms with Crippen molar-refractivity contribution in [2.75, 3.05) is 0 Å². The zero-order valence-electron chi connectivity index (χ0n) is 8.65. The summed E-state index contributed by atoms with van der Waals surface area (Å²) in [5.74, 6) is 0. The van der Waals surface area contributed by atoms with Crippen LogP contribution in [0.1, 0.15) is 40.5 Å². The third-order valence-electron chi connectivity index (χ3n) is 1.80. The van der Waals surface area contributed by atoms with Gasteiger partial charge in [0, 0.05) is 5.71 Å². The van der Waals surface area contributed by atoms with Crippen molar-refractivity contribution in [3.05, 3.63) is 23.9 Å². The molecule has 0 saturated carbocycles. The lowest BCUT2D eigenvalue weighted by Gasteiger charge is -2.01. The van der Waals surface area contributed by atoms with Gasteiger partial charge in [0.2, 0.25) is 0 Å². The van der Waals surface area contributed by atoms with Crippen molar-refractivity contribution in [2.45, 2.75) is 40.5 Å². The minimum absolute atomic E-state index is 0.899. The molecule has 0 aromatic heterocycles. The first-order valence-electron chi connectivity index (χ1n) is 4.52. The van der Waals surface area contributed by atoms with Crippen LogP contribution in [0, 0.1) is 0 Å². The summed E-state index contributed by atoms with van der Waals surface area (Å²) in [6, 6.07) is 0. The summed E-state index contributed by atoms with van der Waals surface area (Å²) < 4.78 is 0. The fourth-order valence-electron chi connectivity index (χ4n) is 0.822. The van der Waals surface area contributed by atoms with Crippen LogP contribution < -0.4 is 0 Å². The van der Waals surface area contributed by atoms with Gasteiger partial charge in [-0.25, -0.2) is 0 Å². The molecule has 0 heterocycles. The molecule has 1 heteroatoms. The molecule has 0 aromatic rings. The number of hydrogen-bond donors (Lipinski definition) is 0. The molecule has 1 nitrogen and oxygen atoms in total. The molecule has 68 valence electrons. The van der Waals surface area contributed by atoms with E-state index in [-0.39, 0.29) is 0 Å². The standard InChI is InChI=1S/C11H19N/c1-6-8-9(3)11(5)12-10(4)7-2/h8H,5-7H2,1-4H3. The van der Waals surface area contributed by atoms with Crippen molar-refractivity contribution in [1.82, 2.24) is 0 Å². The molecule has 0 N–H and O–H groups in total. The zero-order valence-corrected chi connectivity index (χ0v) is 8.65. The van der Waals surface area contributed by atoms with E-state index >= 15 is 0 Å². The minimum atomic E-state index is 0.899. The number of nitrogens with zero attached hydrogens (tertiary/aromatic N) is 1. The fraction of sp³-hybridized carbons (Fsp3) is 0.545. The molecule has 0 atom stereocenters. The topological polar surface area (TPSA) is 12.4 Å². The van der Waals surface area contributed by atoms with E-state index in [1.807, 2.05) is 6.92 Å². The maximum Gasteiger partial charge on any atom is 0.0583 e. The summed E-state index contributed by atoms with van der Waals surface area (Å²) in [5, 5.41) is 0. The molecule has 0 saturated heterocycles. The Hall–Kier alpha value is -0.850. The lowest BCUT2D eigenvalue weighted by Crippen LogP contribution is -1.89. The lowest BCUT2D eigenvalue weighted by atomic mass is 10.2. The van der Waals surface area contributed by atoms with E-state index in [1.54, 1.807) is 0 Å². The fourth-order valence-corrected chi connectivity index (χ4v) is 0.822. The molecule has 0 radical (unpaired) electrons. The van der Waals surface area contributed by atoms with Crippen molar-refractivity contribution in [3.8, 4) is 0 Å². The van der Waals surface area contributed by atoms with Crippen molar-refractivity contribution < 1.29 is 0 Å². The molecule has 0 amide bonds. The Kier molecular flexibility index (Phi) is 5.35. The predicted molar refractivity (Wildman–Crippen MR) is 56.6 cm³/mol. The van der Waals surface area contributed by atoms with Crippen molar-refractivity contribution in [3.63, 3.8) is 0 Å². The van der Waals surface area contributed by atoms with Gasteiger partial charge in [0.1, 0.15) is 0 Å². The third-order valence-corrected chi connectivity index (χ3v) is 1.80. The molecule has 0 rings (SSSR count). The third kappa shape index (κ3) is 4.12. The van der Waals surface area contributed by atoms with Crippen LogP contribution in [0.15, 0.2) is 28.9 Å². The molecular weight excluding hydrogens is 146 g/mol. The maximum atomic E-state index is 4.37. The Morgan fingerprint density at radius 3 is 2.33 bits per heavy atom. The summed E-state index contributed by atoms with van der Waals surface area (Å²) in [5.41, 5.74) is 3.23. The Balaban J connectivity index is 4.32. The average Bonchev–Trinajstić information content (AvgIpc) is 2.04. The van der Waals surface area contributed by atoms with E-state index in [9.17, 15) is 0 Å². The van der Waals surface area contributed by atoms with Crippen molar-refractivity contribution in [2.24, 2.45) is 4.99 Å². The van der Waals surface area contributed by atoms with Gasteiger partial charge in [0.25, 0.3) is 0 Å². The molecule has 12 heavy (non-hydrogen) atoms. The summed E-state index contributed by atoms with van der Waals surface area (Å²) in [7, 11) is 0. The summed E-state index contributed by atoms with van der Waals surface area (Å²) >= 11 is 0. The second-order valence-electron chi connectivity index (χ2n) is 2.94. The normalized spacial score (nSPS) is 13.3. The van der Waals surface area contributed by atoms with Gasteiger partial charge in [0.15, 0.2) is 0 Å². The second kappa shape index (κ2) is 5.76. The SMILES string of the molecule is C=C(N=C(C)CC)C(C)=CCC. The smallest absolute Gasteiger partial charge is 0.0583 e. The second-order valence-corrected chi connectivity index (χ2v) is 2.94. The monoisotopic (exact) mass is 165 g/mol. The summed E-state index contributed by atoms with van der Waals surface area (Å²) in [6.45, 7) is 12.2. The van der Waals surface area contributed by atoms with Gasteiger partial charge in [-0.2, -0.15) is 0 Å². The van der Waals surface area contributed by atoms with Crippen LogP contribution in [0.4, 0.5) is 0 Å². The number of allylic oxidation sites excluding steroid dienone is 2. The van der Waals surface area contributed by atoms with Crippen LogP contribution in [-0.4, -0.2) is 5.71 Å². The Morgan fingerprint density at radius 1 is 1.33 bits per heavy atom. The van der Waals surface area contributed by atoms with Gasteiger partial charge < -0.3 is 0 Å². The molecule has 0 bridgehead atoms. The Morgan fingerprint density at radius 2 is 1.92 bits per heavy atom. The first-order valence-corrected chi connectivity index (χ1v) is 4.52. The highest BCUT2D eigenvalue weighted by Gasteiger charge is 1.93. The maximum absolute atomic E-state index is 4.37. The van der Waals surface area contributed by atoms with Gasteiger partial charge in [-0.1, -0.05) is 26.5 Å². The van der Waals surface area contributed by atoms with Crippen molar-refractivity contribution in [1.29, 1.82) is 0 Å². The zero-order chi connectivity index (χ0) is 9.56. The van der Waals surface area contributed by atoms with Crippen LogP contribution in [0.3, 0.4) is 0 Å². The summed E-state index contributed by atoms with van der Waals surface area (Å²) in [4.78, 5) is 4.37. The molecular formula is C11H19N. The Labute approximate surface area is 75.9 Å². The van der Waals surface area contributed by atoms with Gasteiger partial charge in [0.05, 0.1) is 5.70 Å². The highest BCUT2D eigenvalue weighted by molar-refractivity contribution is 5.82. The molecule has 0 aliphatic heterocycles. The molecule has 0 aliphatic carbocycles. The number of hydrogen-bond acceptors (Lipinski definition) is 1. The lowest BCUT2D eigenvalue weighted by molar-refractivity contribution is 1.15. The largest absolute Gasteiger partial charge is 0.259 e. The highest BCUT2D eigenvalue weighted by atomic mass is 14.7. The number of aliphatic imine (C=N–C) groups is 1. The van der Waals surface area contributed by atoms with Crippen LogP contribution in [0.5, 0.6) is 0 Å². The van der Waals surface area contributed by atoms with Gasteiger partial charge in [-0.3, -0.25) is 4.99 Å². The summed E-state index contributed by atoms with van der Waals surface area (Å²) in [6.07, 6.45) is 4.19. The van der Waals surface area contributed by atoms with Gasteiger partial charge >= 0.3 is 0 Å². The molecule has 0 unspecified atom stereocenters. The molecule has 0 aromatic carbocycles. The molecule has 0 fully saturated rings. The quantitative estimate of drug-likeness (QED) is 0.444. The minimum Gasteiger partial charge on any atom is -0.259 e. The first kappa shape index (κ1) is 11.2. The van der Waals surface area contributed by atoms with Gasteiger partial charge in [-0.05, 0) is 32.3 Å². The van der Waals surface area contributed by atoms with E-state index in [1.165, 1.54) is 5.57 Å². The van der Waals surface area contributed by atoms with Crippen LogP contribution in [0.2, 0.25) is 0 Å². The molecule has 0 spiro atoms. The van der Waals surface area contributed by atoms with E-state index in [0.717, 1.165) is 24.3 Å². The van der Waals surface area contributed by atoms with Crippen LogP contribution in [-0.2, 0) is 0 Å². The molecule has 0 aliphatic rings. The Bertz CT molecular complexity index is 209. The average molecular weight is 165 g/mol.